The molecule has 0 spiro atoms. The van der Waals surface area contributed by atoms with Gasteiger partial charge in [0.05, 0.1) is 23.4 Å². The van der Waals surface area contributed by atoms with Gasteiger partial charge in [-0.15, -0.1) is 0 Å². The lowest BCUT2D eigenvalue weighted by Gasteiger charge is -2.27. The van der Waals surface area contributed by atoms with Crippen LogP contribution in [0.2, 0.25) is 0 Å². The summed E-state index contributed by atoms with van der Waals surface area (Å²) in [5, 5.41) is -1.32. The minimum Gasteiger partial charge on any atom is -0.308 e. The summed E-state index contributed by atoms with van der Waals surface area (Å²) in [5.74, 6) is 0. The first-order chi connectivity index (χ1) is 11.5. The van der Waals surface area contributed by atoms with Crippen molar-refractivity contribution in [2.45, 2.75) is 41.8 Å². The Hall–Kier alpha value is -0.730. The van der Waals surface area contributed by atoms with E-state index in [0.717, 1.165) is 11.8 Å². The molecule has 0 aromatic heterocycles. The largest absolute Gasteiger partial charge is 0.353 e. The molecule has 0 unspecified atom stereocenters. The monoisotopic (exact) mass is 410 g/mol. The number of benzene rings is 1. The standard InChI is InChI=1S/C15H23O7PS2/c1-5-21-23(16,22-6-2)15(11-14(15)24(4,17)18)25(19,20)13-9-7-12(3)8-10-13/h7-10,14H,5-6,11H2,1-4H3/t14-,15-/m0/s1. The Labute approximate surface area is 149 Å². The molecule has 0 saturated heterocycles. The fourth-order valence-corrected chi connectivity index (χ4v) is 11.7. The molecule has 0 radical (unpaired) electrons. The fraction of sp³-hybridized carbons (Fsp3) is 0.600. The number of hydrogen-bond acceptors (Lipinski definition) is 7. The lowest BCUT2D eigenvalue weighted by Crippen LogP contribution is -2.32. The average Bonchev–Trinajstić information content (AvgIpc) is 3.26. The summed E-state index contributed by atoms with van der Waals surface area (Å²) in [5.41, 5.74) is 0.848. The van der Waals surface area contributed by atoms with Gasteiger partial charge in [-0.1, -0.05) is 17.7 Å². The highest BCUT2D eigenvalue weighted by Crippen LogP contribution is 2.76. The molecule has 1 aromatic carbocycles. The van der Waals surface area contributed by atoms with Gasteiger partial charge in [-0.25, -0.2) is 16.8 Å². The molecule has 142 valence electrons. The van der Waals surface area contributed by atoms with E-state index in [4.69, 9.17) is 9.05 Å². The lowest BCUT2D eigenvalue weighted by molar-refractivity contribution is 0.216. The molecule has 1 aromatic rings. The van der Waals surface area contributed by atoms with Gasteiger partial charge in [0.25, 0.3) is 0 Å². The number of sulfone groups is 2. The van der Waals surface area contributed by atoms with Crippen LogP contribution < -0.4 is 0 Å². The molecular formula is C15H23O7PS2. The van der Waals surface area contributed by atoms with E-state index < -0.39 is 37.0 Å². The van der Waals surface area contributed by atoms with Gasteiger partial charge in [-0.3, -0.25) is 4.57 Å². The summed E-state index contributed by atoms with van der Waals surface area (Å²) >= 11 is 0. The summed E-state index contributed by atoms with van der Waals surface area (Å²) in [6, 6.07) is 5.97. The Morgan fingerprint density at radius 2 is 1.56 bits per heavy atom. The fourth-order valence-electron chi connectivity index (χ4n) is 2.93. The highest BCUT2D eigenvalue weighted by molar-refractivity contribution is 8.03. The maximum Gasteiger partial charge on any atom is 0.353 e. The molecule has 1 saturated carbocycles. The third-order valence-corrected chi connectivity index (χ3v) is 12.4. The molecule has 1 aliphatic carbocycles. The molecule has 7 nitrogen and oxygen atoms in total. The van der Waals surface area contributed by atoms with Gasteiger partial charge in [-0.2, -0.15) is 0 Å². The molecule has 25 heavy (non-hydrogen) atoms. The topological polar surface area (TPSA) is 104 Å². The first-order valence-electron chi connectivity index (χ1n) is 7.85. The highest BCUT2D eigenvalue weighted by atomic mass is 32.2. The highest BCUT2D eigenvalue weighted by Gasteiger charge is 2.79. The maximum atomic E-state index is 13.4. The van der Waals surface area contributed by atoms with Crippen LogP contribution in [0.5, 0.6) is 0 Å². The molecule has 1 fully saturated rings. The number of rotatable bonds is 8. The zero-order valence-electron chi connectivity index (χ0n) is 14.6. The minimum absolute atomic E-state index is 0.0566. The van der Waals surface area contributed by atoms with Crippen molar-refractivity contribution in [2.75, 3.05) is 19.5 Å². The summed E-state index contributed by atoms with van der Waals surface area (Å²) in [4.78, 5) is -0.0936. The molecule has 0 amide bonds. The SMILES string of the molecule is CCOP(=O)(OCC)[C@]1(S(=O)(=O)c2ccc(C)cc2)C[C@@H]1S(C)(=O)=O. The second-order valence-corrected chi connectivity index (χ2v) is 13.1. The van der Waals surface area contributed by atoms with E-state index in [1.807, 2.05) is 0 Å². The van der Waals surface area contributed by atoms with E-state index in [1.54, 1.807) is 32.9 Å². The molecule has 0 N–H and O–H groups in total. The van der Waals surface area contributed by atoms with Crippen LogP contribution in [0.4, 0.5) is 0 Å². The van der Waals surface area contributed by atoms with Crippen LogP contribution in [0.25, 0.3) is 0 Å². The van der Waals surface area contributed by atoms with Gasteiger partial charge in [0.1, 0.15) is 0 Å². The van der Waals surface area contributed by atoms with Gasteiger partial charge in [0.15, 0.2) is 24.2 Å². The minimum atomic E-state index is -4.27. The second-order valence-electron chi connectivity index (χ2n) is 6.02. The van der Waals surface area contributed by atoms with Crippen LogP contribution in [0.15, 0.2) is 29.2 Å². The number of hydrogen-bond donors (Lipinski definition) is 0. The van der Waals surface area contributed by atoms with Crippen molar-refractivity contribution in [1.82, 2.24) is 0 Å². The Morgan fingerprint density at radius 1 is 1.08 bits per heavy atom. The maximum absolute atomic E-state index is 13.4. The predicted octanol–water partition coefficient (Wildman–Crippen LogP) is 2.55. The van der Waals surface area contributed by atoms with Gasteiger partial charge < -0.3 is 9.05 Å². The van der Waals surface area contributed by atoms with Crippen molar-refractivity contribution in [1.29, 1.82) is 0 Å². The molecule has 2 rings (SSSR count). The van der Waals surface area contributed by atoms with Crippen molar-refractivity contribution in [2.24, 2.45) is 0 Å². The van der Waals surface area contributed by atoms with Crippen LogP contribution in [0.3, 0.4) is 0 Å². The van der Waals surface area contributed by atoms with Gasteiger partial charge in [0.2, 0.25) is 0 Å². The molecule has 2 atom stereocenters. The molecule has 0 bridgehead atoms. The normalized spacial score (nSPS) is 24.2. The van der Waals surface area contributed by atoms with Crippen molar-refractivity contribution < 1.29 is 30.4 Å². The molecule has 0 aliphatic heterocycles. The molecular weight excluding hydrogens is 387 g/mol. The second kappa shape index (κ2) is 6.78. The van der Waals surface area contributed by atoms with Crippen molar-refractivity contribution >= 4 is 27.3 Å². The quantitative estimate of drug-likeness (QED) is 0.607. The third kappa shape index (κ3) is 3.32. The average molecular weight is 410 g/mol. The Bertz CT molecular complexity index is 880. The van der Waals surface area contributed by atoms with E-state index >= 15 is 0 Å². The zero-order valence-corrected chi connectivity index (χ0v) is 17.2. The third-order valence-electron chi connectivity index (χ3n) is 4.20. The van der Waals surface area contributed by atoms with Crippen molar-refractivity contribution in [3.63, 3.8) is 0 Å². The van der Waals surface area contributed by atoms with Gasteiger partial charge in [-0.05, 0) is 39.3 Å². The predicted molar refractivity (Wildman–Crippen MR) is 95.2 cm³/mol. The molecule has 0 heterocycles. The van der Waals surface area contributed by atoms with E-state index in [-0.39, 0.29) is 24.5 Å². The van der Waals surface area contributed by atoms with Crippen LogP contribution >= 0.6 is 7.60 Å². The first kappa shape index (κ1) is 20.6. The molecule has 1 aliphatic rings. The summed E-state index contributed by atoms with van der Waals surface area (Å²) < 4.78 is 72.5. The Morgan fingerprint density at radius 3 is 1.92 bits per heavy atom. The smallest absolute Gasteiger partial charge is 0.308 e. The van der Waals surface area contributed by atoms with Crippen LogP contribution in [-0.4, -0.2) is 46.0 Å². The summed E-state index contributed by atoms with van der Waals surface area (Å²) in [7, 11) is -12.3. The van der Waals surface area contributed by atoms with Crippen LogP contribution in [0, 0.1) is 6.92 Å². The number of aryl methyl sites for hydroxylation is 1. The zero-order chi connectivity index (χ0) is 19.1. The first-order valence-corrected chi connectivity index (χ1v) is 12.8. The van der Waals surface area contributed by atoms with Gasteiger partial charge >= 0.3 is 7.60 Å². The lowest BCUT2D eigenvalue weighted by atomic mass is 10.2. The van der Waals surface area contributed by atoms with Crippen molar-refractivity contribution in [3.8, 4) is 0 Å². The Balaban J connectivity index is 2.70. The van der Waals surface area contributed by atoms with Crippen LogP contribution in [-0.2, 0) is 33.3 Å². The molecule has 10 heteroatoms. The van der Waals surface area contributed by atoms with Crippen molar-refractivity contribution in [3.05, 3.63) is 29.8 Å². The van der Waals surface area contributed by atoms with E-state index in [1.165, 1.54) is 12.1 Å². The van der Waals surface area contributed by atoms with Gasteiger partial charge in [0, 0.05) is 6.26 Å². The summed E-state index contributed by atoms with van der Waals surface area (Å²) in [6.07, 6.45) is 0.631. The van der Waals surface area contributed by atoms with E-state index in [0.29, 0.717) is 0 Å². The summed E-state index contributed by atoms with van der Waals surface area (Å²) in [6.45, 7) is 4.79. The van der Waals surface area contributed by atoms with E-state index in [2.05, 4.69) is 0 Å². The van der Waals surface area contributed by atoms with E-state index in [9.17, 15) is 21.4 Å². The Kier molecular flexibility index (Phi) is 5.58. The van der Waals surface area contributed by atoms with Crippen LogP contribution in [0.1, 0.15) is 25.8 Å².